The van der Waals surface area contributed by atoms with Crippen molar-refractivity contribution in [2.75, 3.05) is 13.2 Å². The van der Waals surface area contributed by atoms with Crippen molar-refractivity contribution in [1.29, 1.82) is 0 Å². The van der Waals surface area contributed by atoms with Crippen LogP contribution in [0.3, 0.4) is 0 Å². The molecule has 0 aromatic carbocycles. The van der Waals surface area contributed by atoms with Gasteiger partial charge in [-0.3, -0.25) is 4.79 Å². The second-order valence-electron chi connectivity index (χ2n) is 1.95. The van der Waals surface area contributed by atoms with Crippen molar-refractivity contribution >= 4 is 20.2 Å². The molecule has 2 radical (unpaired) electrons. The average Bonchev–Trinajstić information content (AvgIpc) is 2.10. The van der Waals surface area contributed by atoms with Gasteiger partial charge in [0.25, 0.3) is 0 Å². The van der Waals surface area contributed by atoms with E-state index in [2.05, 4.69) is 22.2 Å². The van der Waals surface area contributed by atoms with Crippen molar-refractivity contribution < 1.29 is 23.7 Å². The molecule has 0 N–H and O–H groups in total. The summed E-state index contributed by atoms with van der Waals surface area (Å²) in [6.45, 7) is 1.48. The van der Waals surface area contributed by atoms with Gasteiger partial charge in [-0.05, 0) is 12.2 Å². The number of hydrogen-bond acceptors (Lipinski definition) is 5. The quantitative estimate of drug-likeness (QED) is 0.358. The predicted molar refractivity (Wildman–Crippen MR) is 44.0 cm³/mol. The number of esters is 1. The maximum absolute atomic E-state index is 10.3. The third-order valence-corrected chi connectivity index (χ3v) is 0.943. The Bertz CT molecular complexity index is 201. The minimum absolute atomic E-state index is 0.0251. The van der Waals surface area contributed by atoms with Crippen LogP contribution in [0.25, 0.3) is 0 Å². The maximum Gasteiger partial charge on any atom is 0.489 e. The standard InChI is InChI=1S/C7H9BO5/c1-6(9)11-4-2-3-5-12-7(10)13-8/h2-3H,4-5H2,1H3. The summed E-state index contributed by atoms with van der Waals surface area (Å²) < 4.78 is 12.7. The lowest BCUT2D eigenvalue weighted by molar-refractivity contribution is -0.139. The largest absolute Gasteiger partial charge is 0.513 e. The number of rotatable bonds is 4. The average molecular weight is 184 g/mol. The fourth-order valence-electron chi connectivity index (χ4n) is 0.452. The highest BCUT2D eigenvalue weighted by molar-refractivity contribution is 6.04. The lowest BCUT2D eigenvalue weighted by atomic mass is 10.5. The minimum atomic E-state index is -0.961. The van der Waals surface area contributed by atoms with E-state index in [0.29, 0.717) is 0 Å². The summed E-state index contributed by atoms with van der Waals surface area (Å²) in [7, 11) is 4.48. The number of carbonyl (C=O) groups is 2. The highest BCUT2D eigenvalue weighted by Gasteiger charge is 1.95. The van der Waals surface area contributed by atoms with Gasteiger partial charge in [0.1, 0.15) is 13.2 Å². The second-order valence-corrected chi connectivity index (χ2v) is 1.95. The molecule has 0 aromatic heterocycles. The smallest absolute Gasteiger partial charge is 0.489 e. The molecular formula is C7H9BO5. The number of carbonyl (C=O) groups excluding carboxylic acids is 2. The summed E-state index contributed by atoms with van der Waals surface area (Å²) in [6.07, 6.45) is 2.07. The summed E-state index contributed by atoms with van der Waals surface area (Å²) in [5.41, 5.74) is 0. The molecule has 0 heterocycles. The van der Waals surface area contributed by atoms with Crippen molar-refractivity contribution in [3.05, 3.63) is 12.2 Å². The van der Waals surface area contributed by atoms with Crippen LogP contribution >= 0.6 is 0 Å². The Balaban J connectivity index is 3.31. The van der Waals surface area contributed by atoms with E-state index in [4.69, 9.17) is 0 Å². The van der Waals surface area contributed by atoms with Crippen LogP contribution in [0.4, 0.5) is 4.79 Å². The van der Waals surface area contributed by atoms with Gasteiger partial charge in [-0.15, -0.1) is 0 Å². The summed E-state index contributed by atoms with van der Waals surface area (Å²) >= 11 is 0. The van der Waals surface area contributed by atoms with Crippen LogP contribution in [0.1, 0.15) is 6.92 Å². The monoisotopic (exact) mass is 184 g/mol. The van der Waals surface area contributed by atoms with Gasteiger partial charge in [-0.2, -0.15) is 0 Å². The zero-order valence-corrected chi connectivity index (χ0v) is 7.19. The topological polar surface area (TPSA) is 61.8 Å². The van der Waals surface area contributed by atoms with Crippen molar-refractivity contribution in [1.82, 2.24) is 0 Å². The summed E-state index contributed by atoms with van der Waals surface area (Å²) in [4.78, 5) is 20.5. The molecule has 0 saturated carbocycles. The van der Waals surface area contributed by atoms with Gasteiger partial charge in [0, 0.05) is 6.92 Å². The molecule has 0 bridgehead atoms. The van der Waals surface area contributed by atoms with Crippen molar-refractivity contribution in [3.63, 3.8) is 0 Å². The third kappa shape index (κ3) is 8.45. The molecule has 6 heteroatoms. The van der Waals surface area contributed by atoms with Gasteiger partial charge < -0.3 is 14.1 Å². The Morgan fingerprint density at radius 2 is 1.77 bits per heavy atom. The van der Waals surface area contributed by atoms with E-state index in [0.717, 1.165) is 0 Å². The highest BCUT2D eigenvalue weighted by Crippen LogP contribution is 1.84. The van der Waals surface area contributed by atoms with Crippen LogP contribution in [0.2, 0.25) is 0 Å². The van der Waals surface area contributed by atoms with Gasteiger partial charge in [-0.25, -0.2) is 4.79 Å². The molecule has 0 spiro atoms. The Hall–Kier alpha value is -1.46. The molecule has 0 aromatic rings. The molecule has 0 aliphatic rings. The van der Waals surface area contributed by atoms with Crippen LogP contribution in [0.15, 0.2) is 12.2 Å². The molecule has 0 fully saturated rings. The summed E-state index contributed by atoms with van der Waals surface area (Å²) in [5.74, 6) is -0.369. The zero-order chi connectivity index (χ0) is 10.1. The summed E-state index contributed by atoms with van der Waals surface area (Å²) in [5, 5.41) is 0. The first-order chi connectivity index (χ1) is 6.16. The first kappa shape index (κ1) is 11.5. The molecule has 0 unspecified atom stereocenters. The van der Waals surface area contributed by atoms with E-state index in [1.165, 1.54) is 19.1 Å². The molecule has 0 atom stereocenters. The molecule has 0 saturated heterocycles. The predicted octanol–water partition coefficient (Wildman–Crippen LogP) is 0.342. The maximum atomic E-state index is 10.3. The molecule has 5 nitrogen and oxygen atoms in total. The second kappa shape index (κ2) is 7.21. The molecule has 0 amide bonds. The van der Waals surface area contributed by atoms with Crippen molar-refractivity contribution in [2.24, 2.45) is 0 Å². The Kier molecular flexibility index (Phi) is 6.40. The molecule has 70 valence electrons. The fraction of sp³-hybridized carbons (Fsp3) is 0.429. The Morgan fingerprint density at radius 1 is 1.23 bits per heavy atom. The molecule has 0 aliphatic heterocycles. The molecule has 0 aliphatic carbocycles. The zero-order valence-electron chi connectivity index (χ0n) is 7.19. The van der Waals surface area contributed by atoms with Crippen LogP contribution in [-0.4, -0.2) is 33.4 Å². The molecule has 0 rings (SSSR count). The third-order valence-electron chi connectivity index (χ3n) is 0.943. The van der Waals surface area contributed by atoms with Crippen molar-refractivity contribution in [2.45, 2.75) is 6.92 Å². The normalized spacial score (nSPS) is 9.62. The van der Waals surface area contributed by atoms with E-state index in [-0.39, 0.29) is 19.2 Å². The first-order valence-corrected chi connectivity index (χ1v) is 3.48. The van der Waals surface area contributed by atoms with E-state index >= 15 is 0 Å². The van der Waals surface area contributed by atoms with E-state index in [1.54, 1.807) is 0 Å². The fourth-order valence-corrected chi connectivity index (χ4v) is 0.452. The highest BCUT2D eigenvalue weighted by atomic mass is 16.7. The number of ether oxygens (including phenoxy) is 2. The Morgan fingerprint density at radius 3 is 2.23 bits per heavy atom. The van der Waals surface area contributed by atoms with Crippen LogP contribution in [0.5, 0.6) is 0 Å². The van der Waals surface area contributed by atoms with Gasteiger partial charge >= 0.3 is 20.2 Å². The SMILES string of the molecule is [B]OC(=O)OCC=CCOC(C)=O. The Labute approximate surface area is 77.1 Å². The lowest BCUT2D eigenvalue weighted by Crippen LogP contribution is -2.05. The molecule has 13 heavy (non-hydrogen) atoms. The van der Waals surface area contributed by atoms with Gasteiger partial charge in [0.05, 0.1) is 0 Å². The van der Waals surface area contributed by atoms with Crippen LogP contribution in [-0.2, 0) is 18.9 Å². The molecular weight excluding hydrogens is 175 g/mol. The minimum Gasteiger partial charge on any atom is -0.513 e. The van der Waals surface area contributed by atoms with E-state index < -0.39 is 6.16 Å². The van der Waals surface area contributed by atoms with Gasteiger partial charge in [0.2, 0.25) is 0 Å². The van der Waals surface area contributed by atoms with Crippen LogP contribution < -0.4 is 0 Å². The van der Waals surface area contributed by atoms with E-state index in [9.17, 15) is 9.59 Å². The van der Waals surface area contributed by atoms with E-state index in [1.807, 2.05) is 0 Å². The van der Waals surface area contributed by atoms with Gasteiger partial charge in [-0.1, -0.05) is 0 Å². The lowest BCUT2D eigenvalue weighted by Gasteiger charge is -1.98. The summed E-state index contributed by atoms with van der Waals surface area (Å²) in [6, 6.07) is 0. The van der Waals surface area contributed by atoms with Gasteiger partial charge in [0.15, 0.2) is 0 Å². The number of hydrogen-bond donors (Lipinski definition) is 0. The van der Waals surface area contributed by atoms with Crippen LogP contribution in [0, 0.1) is 0 Å². The van der Waals surface area contributed by atoms with Crippen molar-refractivity contribution in [3.8, 4) is 0 Å². The first-order valence-electron chi connectivity index (χ1n) is 3.48.